The molecule has 0 aliphatic carbocycles. The highest BCUT2D eigenvalue weighted by Gasteiger charge is 2.44. The van der Waals surface area contributed by atoms with Gasteiger partial charge in [-0.25, -0.2) is 0 Å². The monoisotopic (exact) mass is 397 g/mol. The second-order valence-electron chi connectivity index (χ2n) is 6.39. The number of benzene rings is 4. The van der Waals surface area contributed by atoms with Gasteiger partial charge in [0, 0.05) is 5.56 Å². The van der Waals surface area contributed by atoms with Crippen molar-refractivity contribution in [1.82, 2.24) is 0 Å². The van der Waals surface area contributed by atoms with Crippen LogP contribution in [0.2, 0.25) is 5.02 Å². The average molecular weight is 398 g/mol. The van der Waals surface area contributed by atoms with Gasteiger partial charge < -0.3 is 0 Å². The number of rotatable bonds is 3. The number of halogens is 1. The molecule has 0 atom stereocenters. The Bertz CT molecular complexity index is 1010. The summed E-state index contributed by atoms with van der Waals surface area (Å²) in [7, 11) is -2.16. The molecule has 0 aromatic heterocycles. The first-order chi connectivity index (χ1) is 13.8. The Balaban J connectivity index is 2.04. The van der Waals surface area contributed by atoms with E-state index in [1.807, 2.05) is 24.3 Å². The molecule has 0 N–H and O–H groups in total. The highest BCUT2D eigenvalue weighted by Crippen LogP contribution is 2.54. The van der Waals surface area contributed by atoms with Crippen molar-refractivity contribution in [2.45, 2.75) is 0 Å². The van der Waals surface area contributed by atoms with Gasteiger partial charge in [0.05, 0.1) is 10.7 Å². The summed E-state index contributed by atoms with van der Waals surface area (Å²) < 4.78 is 0. The molecule has 4 rings (SSSR count). The van der Waals surface area contributed by atoms with E-state index in [2.05, 4.69) is 103 Å². The summed E-state index contributed by atoms with van der Waals surface area (Å²) in [4.78, 5) is 0. The minimum absolute atomic E-state index is 0.683. The van der Waals surface area contributed by atoms with E-state index in [1.54, 1.807) is 0 Å². The molecular weight excluding hydrogens is 379 g/mol. The van der Waals surface area contributed by atoms with Gasteiger partial charge in [0.2, 0.25) is 0 Å². The van der Waals surface area contributed by atoms with E-state index in [9.17, 15) is 0 Å². The number of hydrogen-bond donors (Lipinski definition) is 0. The third-order valence-corrected chi connectivity index (χ3v) is 8.66. The van der Waals surface area contributed by atoms with E-state index in [1.165, 1.54) is 15.9 Å². The van der Waals surface area contributed by atoms with Gasteiger partial charge in [0.25, 0.3) is 0 Å². The maximum absolute atomic E-state index is 6.40. The summed E-state index contributed by atoms with van der Waals surface area (Å²) in [5.41, 5.74) is 4.57. The lowest BCUT2D eigenvalue weighted by atomic mass is 10.2. The van der Waals surface area contributed by atoms with Crippen LogP contribution in [0.3, 0.4) is 0 Å². The lowest BCUT2D eigenvalue weighted by Gasteiger charge is -2.21. The SMILES string of the molecule is Clc1ccccc1C#C[P+](c1ccccc1)(c1ccccc1)c1ccccc1. The van der Waals surface area contributed by atoms with Gasteiger partial charge in [0.1, 0.15) is 15.9 Å². The molecule has 2 heteroatoms. The van der Waals surface area contributed by atoms with Crippen LogP contribution in [0.5, 0.6) is 0 Å². The van der Waals surface area contributed by atoms with Crippen LogP contribution in [0.25, 0.3) is 0 Å². The molecule has 28 heavy (non-hydrogen) atoms. The summed E-state index contributed by atoms with van der Waals surface area (Å²) in [6.45, 7) is 0. The molecule has 0 aliphatic rings. The average Bonchev–Trinajstić information content (AvgIpc) is 2.78. The molecule has 0 saturated heterocycles. The molecule has 134 valence electrons. The Kier molecular flexibility index (Phi) is 5.59. The summed E-state index contributed by atoms with van der Waals surface area (Å²) >= 11 is 6.40. The quantitative estimate of drug-likeness (QED) is 0.310. The molecule has 0 aliphatic heterocycles. The van der Waals surface area contributed by atoms with Crippen molar-refractivity contribution in [3.8, 4) is 11.6 Å². The standard InChI is InChI=1S/C26H19ClP/c27-26-19-11-10-12-22(26)20-21-28(23-13-4-1-5-14-23,24-15-6-2-7-16-24)25-17-8-3-9-18-25/h1-19H/q+1. The lowest BCUT2D eigenvalue weighted by Crippen LogP contribution is -2.29. The second kappa shape index (κ2) is 8.45. The minimum atomic E-state index is -2.16. The van der Waals surface area contributed by atoms with Gasteiger partial charge in [-0.15, -0.1) is 0 Å². The fourth-order valence-corrected chi connectivity index (χ4v) is 6.91. The van der Waals surface area contributed by atoms with Crippen LogP contribution in [0, 0.1) is 11.6 Å². The Morgan fingerprint density at radius 3 is 1.32 bits per heavy atom. The van der Waals surface area contributed by atoms with E-state index in [0.717, 1.165) is 5.56 Å². The normalized spacial score (nSPS) is 10.8. The third-order valence-electron chi connectivity index (χ3n) is 4.66. The van der Waals surface area contributed by atoms with Gasteiger partial charge in [-0.05, 0) is 54.5 Å². The minimum Gasteiger partial charge on any atom is -0.0830 e. The molecule has 0 nitrogen and oxygen atoms in total. The predicted molar refractivity (Wildman–Crippen MR) is 123 cm³/mol. The van der Waals surface area contributed by atoms with Crippen LogP contribution in [-0.4, -0.2) is 0 Å². The number of hydrogen-bond acceptors (Lipinski definition) is 0. The summed E-state index contributed by atoms with van der Waals surface area (Å²) in [6, 6.07) is 39.6. The van der Waals surface area contributed by atoms with Crippen molar-refractivity contribution >= 4 is 34.8 Å². The molecule has 0 unspecified atom stereocenters. The molecule has 0 bridgehead atoms. The molecule has 0 fully saturated rings. The highest BCUT2D eigenvalue weighted by molar-refractivity contribution is 7.99. The molecule has 0 saturated carbocycles. The summed E-state index contributed by atoms with van der Waals surface area (Å²) in [5, 5.41) is 4.41. The van der Waals surface area contributed by atoms with E-state index in [0.29, 0.717) is 5.02 Å². The molecule has 0 radical (unpaired) electrons. The first-order valence-electron chi connectivity index (χ1n) is 9.14. The molecule has 0 amide bonds. The molecule has 0 heterocycles. The van der Waals surface area contributed by atoms with Gasteiger partial charge in [-0.3, -0.25) is 0 Å². The molecular formula is C26H19ClP+. The first-order valence-corrected chi connectivity index (χ1v) is 11.3. The Labute approximate surface area is 172 Å². The van der Waals surface area contributed by atoms with Crippen molar-refractivity contribution in [3.63, 3.8) is 0 Å². The lowest BCUT2D eigenvalue weighted by molar-refractivity contribution is 1.65. The fraction of sp³-hybridized carbons (Fsp3) is 0. The van der Waals surface area contributed by atoms with Crippen LogP contribution < -0.4 is 15.9 Å². The molecule has 4 aromatic rings. The van der Waals surface area contributed by atoms with Gasteiger partial charge in [-0.2, -0.15) is 0 Å². The fourth-order valence-electron chi connectivity index (χ4n) is 3.30. The van der Waals surface area contributed by atoms with E-state index in [4.69, 9.17) is 11.6 Å². The smallest absolute Gasteiger partial charge is 0.0830 e. The van der Waals surface area contributed by atoms with Crippen molar-refractivity contribution in [1.29, 1.82) is 0 Å². The molecule has 0 spiro atoms. The zero-order chi connectivity index (χ0) is 19.2. The Hall–Kier alpha value is -2.84. The van der Waals surface area contributed by atoms with E-state index in [-0.39, 0.29) is 0 Å². The largest absolute Gasteiger partial charge is 0.189 e. The highest BCUT2D eigenvalue weighted by atomic mass is 35.5. The van der Waals surface area contributed by atoms with Gasteiger partial charge in [-0.1, -0.05) is 78.3 Å². The summed E-state index contributed by atoms with van der Waals surface area (Å²) in [5.74, 6) is 3.42. The van der Waals surface area contributed by atoms with Crippen molar-refractivity contribution < 1.29 is 0 Å². The third kappa shape index (κ3) is 3.61. The van der Waals surface area contributed by atoms with Crippen molar-refractivity contribution in [2.24, 2.45) is 0 Å². The first kappa shape index (κ1) is 18.5. The van der Waals surface area contributed by atoms with E-state index < -0.39 is 7.26 Å². The maximum atomic E-state index is 6.40. The van der Waals surface area contributed by atoms with E-state index >= 15 is 0 Å². The Morgan fingerprint density at radius 2 is 0.893 bits per heavy atom. The maximum Gasteiger partial charge on any atom is 0.189 e. The van der Waals surface area contributed by atoms with Crippen LogP contribution >= 0.6 is 18.9 Å². The second-order valence-corrected chi connectivity index (χ2v) is 9.92. The predicted octanol–water partition coefficient (Wildman–Crippen LogP) is 5.64. The van der Waals surface area contributed by atoms with Gasteiger partial charge >= 0.3 is 0 Å². The topological polar surface area (TPSA) is 0 Å². The molecule has 4 aromatic carbocycles. The Morgan fingerprint density at radius 1 is 0.500 bits per heavy atom. The zero-order valence-corrected chi connectivity index (χ0v) is 16.9. The zero-order valence-electron chi connectivity index (χ0n) is 15.3. The van der Waals surface area contributed by atoms with Crippen LogP contribution in [-0.2, 0) is 0 Å². The summed E-state index contributed by atoms with van der Waals surface area (Å²) in [6.07, 6.45) is 0. The van der Waals surface area contributed by atoms with Crippen molar-refractivity contribution in [2.75, 3.05) is 0 Å². The van der Waals surface area contributed by atoms with Crippen LogP contribution in [0.15, 0.2) is 115 Å². The van der Waals surface area contributed by atoms with Crippen molar-refractivity contribution in [3.05, 3.63) is 126 Å². The van der Waals surface area contributed by atoms with Gasteiger partial charge in [0.15, 0.2) is 7.26 Å². The van der Waals surface area contributed by atoms with Crippen LogP contribution in [0.4, 0.5) is 0 Å². The van der Waals surface area contributed by atoms with Crippen LogP contribution in [0.1, 0.15) is 5.56 Å².